The topological polar surface area (TPSA) is 50.8 Å². The smallest absolute Gasteiger partial charge is 0.251 e. The number of rotatable bonds is 8. The minimum atomic E-state index is -0.0825. The molecule has 2 aromatic rings. The second-order valence-electron chi connectivity index (χ2n) is 6.99. The Balaban J connectivity index is 1.66. The summed E-state index contributed by atoms with van der Waals surface area (Å²) in [6.45, 7) is 8.08. The largest absolute Gasteiger partial charge is 0.490 e. The van der Waals surface area contributed by atoms with E-state index in [2.05, 4.69) is 48.3 Å². The Bertz CT molecular complexity index is 760. The maximum absolute atomic E-state index is 12.7. The molecule has 0 radical (unpaired) electrons. The summed E-state index contributed by atoms with van der Waals surface area (Å²) in [5.74, 6) is 1.27. The molecule has 1 aliphatic rings. The van der Waals surface area contributed by atoms with Crippen LogP contribution in [0.1, 0.15) is 36.2 Å². The molecule has 0 saturated heterocycles. The van der Waals surface area contributed by atoms with Crippen molar-refractivity contribution in [3.63, 3.8) is 0 Å². The molecule has 0 saturated carbocycles. The molecule has 1 amide bonds. The number of amides is 1. The fourth-order valence-electron chi connectivity index (χ4n) is 3.57. The Morgan fingerprint density at radius 2 is 1.75 bits per heavy atom. The molecule has 5 heteroatoms. The Hall–Kier alpha value is -2.53. The Morgan fingerprint density at radius 1 is 1.04 bits per heavy atom. The second-order valence-corrected chi connectivity index (χ2v) is 6.99. The van der Waals surface area contributed by atoms with Crippen LogP contribution >= 0.6 is 0 Å². The molecule has 0 aliphatic carbocycles. The minimum Gasteiger partial charge on any atom is -0.490 e. The van der Waals surface area contributed by atoms with Gasteiger partial charge in [-0.05, 0) is 43.3 Å². The van der Waals surface area contributed by atoms with Gasteiger partial charge in [0.25, 0.3) is 5.91 Å². The standard InChI is InChI=1S/C23H30N2O3/c1-3-25(4-2)20(15-18-9-6-5-7-10-18)17-24-23(26)19-11-12-21-22(16-19)28-14-8-13-27-21/h5-7,9-12,16,20H,3-4,8,13-15,17H2,1-2H3,(H,24,26). The number of hydrogen-bond donors (Lipinski definition) is 1. The molecule has 1 aliphatic heterocycles. The lowest BCUT2D eigenvalue weighted by Gasteiger charge is -2.30. The predicted molar refractivity (Wildman–Crippen MR) is 111 cm³/mol. The van der Waals surface area contributed by atoms with Crippen molar-refractivity contribution in [2.45, 2.75) is 32.7 Å². The van der Waals surface area contributed by atoms with Crippen LogP contribution in [0.3, 0.4) is 0 Å². The summed E-state index contributed by atoms with van der Waals surface area (Å²) in [6.07, 6.45) is 1.76. The van der Waals surface area contributed by atoms with Gasteiger partial charge in [0.05, 0.1) is 13.2 Å². The van der Waals surface area contributed by atoms with E-state index < -0.39 is 0 Å². The monoisotopic (exact) mass is 382 g/mol. The predicted octanol–water partition coefficient (Wildman–Crippen LogP) is 3.53. The number of nitrogens with zero attached hydrogens (tertiary/aromatic N) is 1. The van der Waals surface area contributed by atoms with Crippen LogP contribution in [0.5, 0.6) is 11.5 Å². The van der Waals surface area contributed by atoms with Crippen molar-refractivity contribution in [3.05, 3.63) is 59.7 Å². The molecule has 1 heterocycles. The lowest BCUT2D eigenvalue weighted by atomic mass is 10.0. The molecule has 150 valence electrons. The van der Waals surface area contributed by atoms with E-state index in [1.165, 1.54) is 5.56 Å². The number of likely N-dealkylation sites (N-methyl/N-ethyl adjacent to an activating group) is 1. The van der Waals surface area contributed by atoms with Gasteiger partial charge in [0, 0.05) is 24.6 Å². The summed E-state index contributed by atoms with van der Waals surface area (Å²) in [7, 11) is 0. The molecule has 0 spiro atoms. The summed E-state index contributed by atoms with van der Waals surface area (Å²) in [5.41, 5.74) is 1.88. The molecule has 3 rings (SSSR count). The van der Waals surface area contributed by atoms with Crippen molar-refractivity contribution in [1.29, 1.82) is 0 Å². The van der Waals surface area contributed by atoms with Crippen LogP contribution in [0.4, 0.5) is 0 Å². The maximum atomic E-state index is 12.7. The average Bonchev–Trinajstić information content (AvgIpc) is 2.98. The van der Waals surface area contributed by atoms with Gasteiger partial charge in [-0.15, -0.1) is 0 Å². The van der Waals surface area contributed by atoms with Crippen LogP contribution in [0, 0.1) is 0 Å². The highest BCUT2D eigenvalue weighted by Crippen LogP contribution is 2.30. The summed E-state index contributed by atoms with van der Waals surface area (Å²) in [6, 6.07) is 16.1. The minimum absolute atomic E-state index is 0.0825. The van der Waals surface area contributed by atoms with Crippen molar-refractivity contribution >= 4 is 5.91 Å². The van der Waals surface area contributed by atoms with Crippen molar-refractivity contribution < 1.29 is 14.3 Å². The number of hydrogen-bond acceptors (Lipinski definition) is 4. The van der Waals surface area contributed by atoms with Gasteiger partial charge >= 0.3 is 0 Å². The summed E-state index contributed by atoms with van der Waals surface area (Å²) >= 11 is 0. The van der Waals surface area contributed by atoms with E-state index in [9.17, 15) is 4.79 Å². The molecule has 1 unspecified atom stereocenters. The SMILES string of the molecule is CCN(CC)C(CNC(=O)c1ccc2c(c1)OCCCO2)Cc1ccccc1. The van der Waals surface area contributed by atoms with E-state index in [0.29, 0.717) is 36.8 Å². The molecular formula is C23H30N2O3. The lowest BCUT2D eigenvalue weighted by Crippen LogP contribution is -2.45. The quantitative estimate of drug-likeness (QED) is 0.759. The zero-order chi connectivity index (χ0) is 19.8. The third kappa shape index (κ3) is 5.26. The van der Waals surface area contributed by atoms with Gasteiger partial charge in [0.1, 0.15) is 0 Å². The maximum Gasteiger partial charge on any atom is 0.251 e. The first-order valence-electron chi connectivity index (χ1n) is 10.2. The highest BCUT2D eigenvalue weighted by molar-refractivity contribution is 5.94. The van der Waals surface area contributed by atoms with Crippen molar-refractivity contribution in [1.82, 2.24) is 10.2 Å². The van der Waals surface area contributed by atoms with E-state index in [4.69, 9.17) is 9.47 Å². The third-order valence-corrected chi connectivity index (χ3v) is 5.15. The molecule has 1 N–H and O–H groups in total. The zero-order valence-electron chi connectivity index (χ0n) is 16.8. The summed E-state index contributed by atoms with van der Waals surface area (Å²) in [4.78, 5) is 15.1. The summed E-state index contributed by atoms with van der Waals surface area (Å²) < 4.78 is 11.3. The highest BCUT2D eigenvalue weighted by atomic mass is 16.5. The number of carbonyl (C=O) groups excluding carboxylic acids is 1. The first-order valence-corrected chi connectivity index (χ1v) is 10.2. The van der Waals surface area contributed by atoms with Crippen LogP contribution in [-0.2, 0) is 6.42 Å². The van der Waals surface area contributed by atoms with E-state index in [0.717, 1.165) is 25.9 Å². The zero-order valence-corrected chi connectivity index (χ0v) is 16.8. The molecule has 2 aromatic carbocycles. The number of fused-ring (bicyclic) bond motifs is 1. The molecule has 5 nitrogen and oxygen atoms in total. The normalized spacial score (nSPS) is 14.4. The highest BCUT2D eigenvalue weighted by Gasteiger charge is 2.19. The van der Waals surface area contributed by atoms with E-state index in [-0.39, 0.29) is 11.9 Å². The molecule has 0 fully saturated rings. The van der Waals surface area contributed by atoms with E-state index in [1.54, 1.807) is 12.1 Å². The van der Waals surface area contributed by atoms with Gasteiger partial charge in [0.15, 0.2) is 11.5 Å². The number of ether oxygens (including phenoxy) is 2. The van der Waals surface area contributed by atoms with Gasteiger partial charge in [0.2, 0.25) is 0 Å². The lowest BCUT2D eigenvalue weighted by molar-refractivity contribution is 0.0934. The molecule has 0 aromatic heterocycles. The van der Waals surface area contributed by atoms with Gasteiger partial charge in [-0.25, -0.2) is 0 Å². The number of nitrogens with one attached hydrogen (secondary N) is 1. The van der Waals surface area contributed by atoms with E-state index in [1.807, 2.05) is 12.1 Å². The van der Waals surface area contributed by atoms with Gasteiger partial charge in [-0.2, -0.15) is 0 Å². The third-order valence-electron chi connectivity index (χ3n) is 5.15. The molecule has 0 bridgehead atoms. The van der Waals surface area contributed by atoms with Gasteiger partial charge in [-0.3, -0.25) is 9.69 Å². The molecular weight excluding hydrogens is 352 g/mol. The first kappa shape index (κ1) is 20.2. The fourth-order valence-corrected chi connectivity index (χ4v) is 3.57. The van der Waals surface area contributed by atoms with Crippen molar-refractivity contribution in [2.24, 2.45) is 0 Å². The van der Waals surface area contributed by atoms with Gasteiger partial charge < -0.3 is 14.8 Å². The van der Waals surface area contributed by atoms with Gasteiger partial charge in [-0.1, -0.05) is 44.2 Å². The Kier molecular flexibility index (Phi) is 7.31. The Morgan fingerprint density at radius 3 is 2.46 bits per heavy atom. The van der Waals surface area contributed by atoms with Crippen LogP contribution in [0.2, 0.25) is 0 Å². The van der Waals surface area contributed by atoms with Crippen molar-refractivity contribution in [2.75, 3.05) is 32.8 Å². The number of carbonyl (C=O) groups is 1. The molecule has 1 atom stereocenters. The van der Waals surface area contributed by atoms with Crippen LogP contribution in [0.15, 0.2) is 48.5 Å². The average molecular weight is 383 g/mol. The van der Waals surface area contributed by atoms with Crippen LogP contribution in [0.25, 0.3) is 0 Å². The van der Waals surface area contributed by atoms with Crippen molar-refractivity contribution in [3.8, 4) is 11.5 Å². The number of benzene rings is 2. The van der Waals surface area contributed by atoms with E-state index >= 15 is 0 Å². The summed E-state index contributed by atoms with van der Waals surface area (Å²) in [5, 5.41) is 3.11. The Labute approximate surface area is 167 Å². The second kappa shape index (κ2) is 10.1. The van der Waals surface area contributed by atoms with Crippen LogP contribution in [-0.4, -0.2) is 49.7 Å². The van der Waals surface area contributed by atoms with Crippen LogP contribution < -0.4 is 14.8 Å². The molecule has 28 heavy (non-hydrogen) atoms. The fraction of sp³-hybridized carbons (Fsp3) is 0.435. The first-order chi connectivity index (χ1) is 13.7.